The van der Waals surface area contributed by atoms with Crippen molar-refractivity contribution in [2.75, 3.05) is 26.8 Å². The normalized spacial score (nSPS) is 20.1. The van der Waals surface area contributed by atoms with Crippen molar-refractivity contribution >= 4 is 5.91 Å². The van der Waals surface area contributed by atoms with E-state index in [4.69, 9.17) is 10.5 Å². The van der Waals surface area contributed by atoms with Crippen LogP contribution >= 0.6 is 0 Å². The molecule has 0 aliphatic carbocycles. The van der Waals surface area contributed by atoms with Gasteiger partial charge >= 0.3 is 0 Å². The third-order valence-corrected chi connectivity index (χ3v) is 3.71. The Hall–Kier alpha value is -1.59. The zero-order valence-electron chi connectivity index (χ0n) is 11.8. The molecule has 1 heterocycles. The van der Waals surface area contributed by atoms with Crippen LogP contribution < -0.4 is 5.73 Å². The lowest BCUT2D eigenvalue weighted by Gasteiger charge is -2.21. The first-order valence-electron chi connectivity index (χ1n) is 6.91. The number of benzene rings is 1. The van der Waals surface area contributed by atoms with Gasteiger partial charge in [-0.1, -0.05) is 12.1 Å². The van der Waals surface area contributed by atoms with Crippen LogP contribution in [0, 0.1) is 5.92 Å². The minimum atomic E-state index is -0.527. The van der Waals surface area contributed by atoms with Gasteiger partial charge in [0, 0.05) is 26.1 Å². The number of rotatable bonds is 5. The van der Waals surface area contributed by atoms with Crippen LogP contribution in [0.1, 0.15) is 12.0 Å². The largest absolute Gasteiger partial charge is 0.508 e. The molecule has 3 N–H and O–H groups in total. The Morgan fingerprint density at radius 1 is 1.50 bits per heavy atom. The van der Waals surface area contributed by atoms with Gasteiger partial charge in [0.05, 0.1) is 12.6 Å². The van der Waals surface area contributed by atoms with Gasteiger partial charge < -0.3 is 20.5 Å². The van der Waals surface area contributed by atoms with E-state index in [1.165, 1.54) is 0 Å². The zero-order valence-corrected chi connectivity index (χ0v) is 11.8. The number of ether oxygens (including phenoxy) is 1. The van der Waals surface area contributed by atoms with E-state index in [0.717, 1.165) is 25.1 Å². The highest BCUT2D eigenvalue weighted by molar-refractivity contribution is 5.82. The number of amides is 1. The van der Waals surface area contributed by atoms with Crippen molar-refractivity contribution in [2.24, 2.45) is 11.7 Å². The number of likely N-dealkylation sites (tertiary alicyclic amines) is 1. The van der Waals surface area contributed by atoms with Gasteiger partial charge in [0.2, 0.25) is 5.91 Å². The molecule has 2 rings (SSSR count). The third kappa shape index (κ3) is 3.71. The Balaban J connectivity index is 1.87. The Morgan fingerprint density at radius 3 is 2.85 bits per heavy atom. The first kappa shape index (κ1) is 14.8. The molecule has 5 nitrogen and oxygen atoms in total. The fraction of sp³-hybridized carbons (Fsp3) is 0.533. The number of aromatic hydroxyl groups is 1. The lowest BCUT2D eigenvalue weighted by atomic mass is 10.1. The summed E-state index contributed by atoms with van der Waals surface area (Å²) in [5.74, 6) is 0.636. The predicted molar refractivity (Wildman–Crippen MR) is 76.3 cm³/mol. The van der Waals surface area contributed by atoms with E-state index in [-0.39, 0.29) is 11.7 Å². The molecule has 0 saturated carbocycles. The van der Waals surface area contributed by atoms with E-state index in [1.54, 1.807) is 31.4 Å². The van der Waals surface area contributed by atoms with E-state index in [9.17, 15) is 9.90 Å². The van der Waals surface area contributed by atoms with Gasteiger partial charge in [-0.15, -0.1) is 0 Å². The fourth-order valence-electron chi connectivity index (χ4n) is 2.61. The smallest absolute Gasteiger partial charge is 0.239 e. The van der Waals surface area contributed by atoms with Crippen LogP contribution in [0.3, 0.4) is 0 Å². The highest BCUT2D eigenvalue weighted by Gasteiger charge is 2.29. The molecule has 0 radical (unpaired) electrons. The molecule has 5 heteroatoms. The van der Waals surface area contributed by atoms with Gasteiger partial charge in [-0.2, -0.15) is 0 Å². The molecule has 110 valence electrons. The van der Waals surface area contributed by atoms with Gasteiger partial charge in [-0.3, -0.25) is 4.79 Å². The number of carbonyl (C=O) groups excluding carboxylic acids is 1. The SMILES string of the molecule is COCC1CCN(C(=O)C(N)Cc2ccc(O)cc2)C1. The maximum absolute atomic E-state index is 12.3. The van der Waals surface area contributed by atoms with Gasteiger partial charge in [0.15, 0.2) is 0 Å². The van der Waals surface area contributed by atoms with E-state index in [0.29, 0.717) is 18.9 Å². The summed E-state index contributed by atoms with van der Waals surface area (Å²) in [6, 6.07) is 6.27. The van der Waals surface area contributed by atoms with Gasteiger partial charge in [-0.25, -0.2) is 0 Å². The number of methoxy groups -OCH3 is 1. The Labute approximate surface area is 119 Å². The Kier molecular flexibility index (Phi) is 4.98. The van der Waals surface area contributed by atoms with E-state index in [2.05, 4.69) is 0 Å². The van der Waals surface area contributed by atoms with Gasteiger partial charge in [0.1, 0.15) is 5.75 Å². The van der Waals surface area contributed by atoms with Crippen molar-refractivity contribution in [3.05, 3.63) is 29.8 Å². The molecule has 0 bridgehead atoms. The highest BCUT2D eigenvalue weighted by Crippen LogP contribution is 2.18. The van der Waals surface area contributed by atoms with Crippen LogP contribution in [0.2, 0.25) is 0 Å². The van der Waals surface area contributed by atoms with Gasteiger partial charge in [0.25, 0.3) is 0 Å². The number of nitrogens with zero attached hydrogens (tertiary/aromatic N) is 1. The molecule has 2 unspecified atom stereocenters. The van der Waals surface area contributed by atoms with Crippen molar-refractivity contribution in [1.29, 1.82) is 0 Å². The zero-order chi connectivity index (χ0) is 14.5. The third-order valence-electron chi connectivity index (χ3n) is 3.71. The summed E-state index contributed by atoms with van der Waals surface area (Å²) in [5.41, 5.74) is 6.96. The quantitative estimate of drug-likeness (QED) is 0.833. The second-order valence-corrected chi connectivity index (χ2v) is 5.37. The van der Waals surface area contributed by atoms with Crippen LogP contribution in [0.25, 0.3) is 0 Å². The number of nitrogens with two attached hydrogens (primary N) is 1. The van der Waals surface area contributed by atoms with Crippen LogP contribution in [0.4, 0.5) is 0 Å². The maximum Gasteiger partial charge on any atom is 0.239 e. The molecule has 2 atom stereocenters. The van der Waals surface area contributed by atoms with Crippen LogP contribution in [-0.2, 0) is 16.0 Å². The molecular formula is C15H22N2O3. The number of hydrogen-bond acceptors (Lipinski definition) is 4. The van der Waals surface area contributed by atoms with E-state index in [1.807, 2.05) is 4.90 Å². The summed E-state index contributed by atoms with van der Waals surface area (Å²) >= 11 is 0. The summed E-state index contributed by atoms with van der Waals surface area (Å²) < 4.78 is 5.13. The molecule has 1 saturated heterocycles. The molecule has 1 amide bonds. The number of carbonyl (C=O) groups is 1. The molecule has 20 heavy (non-hydrogen) atoms. The van der Waals surface area contributed by atoms with Crippen molar-refractivity contribution in [1.82, 2.24) is 4.90 Å². The molecule has 0 aromatic heterocycles. The summed E-state index contributed by atoms with van der Waals surface area (Å²) in [6.45, 7) is 2.18. The minimum absolute atomic E-state index is 0.00308. The standard InChI is InChI=1S/C15H22N2O3/c1-20-10-12-6-7-17(9-12)15(19)14(16)8-11-2-4-13(18)5-3-11/h2-5,12,14,18H,6-10,16H2,1H3. The van der Waals surface area contributed by atoms with Gasteiger partial charge in [-0.05, 0) is 30.5 Å². The van der Waals surface area contributed by atoms with Crippen molar-refractivity contribution in [3.8, 4) is 5.75 Å². The number of phenolic OH excluding ortho intramolecular Hbond substituents is 1. The summed E-state index contributed by atoms with van der Waals surface area (Å²) in [6.07, 6.45) is 1.47. The summed E-state index contributed by atoms with van der Waals surface area (Å²) in [7, 11) is 1.68. The molecule has 1 aliphatic rings. The topological polar surface area (TPSA) is 75.8 Å². The van der Waals surface area contributed by atoms with Crippen LogP contribution in [0.15, 0.2) is 24.3 Å². The van der Waals surface area contributed by atoms with Crippen molar-refractivity contribution in [3.63, 3.8) is 0 Å². The first-order valence-corrected chi connectivity index (χ1v) is 6.91. The number of phenols is 1. The first-order chi connectivity index (χ1) is 9.60. The predicted octanol–water partition coefficient (Wildman–Crippen LogP) is 0.757. The summed E-state index contributed by atoms with van der Waals surface area (Å²) in [5, 5.41) is 9.23. The molecule has 1 aliphatic heterocycles. The average molecular weight is 278 g/mol. The fourth-order valence-corrected chi connectivity index (χ4v) is 2.61. The maximum atomic E-state index is 12.3. The molecule has 1 fully saturated rings. The molecular weight excluding hydrogens is 256 g/mol. The Bertz CT molecular complexity index is 447. The molecule has 1 aromatic rings. The molecule has 1 aromatic carbocycles. The van der Waals surface area contributed by atoms with Crippen LogP contribution in [-0.4, -0.2) is 48.8 Å². The second kappa shape index (κ2) is 6.72. The molecule has 0 spiro atoms. The number of hydrogen-bond donors (Lipinski definition) is 2. The highest BCUT2D eigenvalue weighted by atomic mass is 16.5. The summed E-state index contributed by atoms with van der Waals surface area (Å²) in [4.78, 5) is 14.1. The van der Waals surface area contributed by atoms with Crippen LogP contribution in [0.5, 0.6) is 5.75 Å². The van der Waals surface area contributed by atoms with Crippen molar-refractivity contribution < 1.29 is 14.6 Å². The average Bonchev–Trinajstić information content (AvgIpc) is 2.89. The van der Waals surface area contributed by atoms with Crippen molar-refractivity contribution in [2.45, 2.75) is 18.9 Å². The lowest BCUT2D eigenvalue weighted by molar-refractivity contribution is -0.131. The Morgan fingerprint density at radius 2 is 2.20 bits per heavy atom. The van der Waals surface area contributed by atoms with E-state index >= 15 is 0 Å². The monoisotopic (exact) mass is 278 g/mol. The van der Waals surface area contributed by atoms with E-state index < -0.39 is 6.04 Å². The second-order valence-electron chi connectivity index (χ2n) is 5.37. The lowest BCUT2D eigenvalue weighted by Crippen LogP contribution is -2.44. The minimum Gasteiger partial charge on any atom is -0.508 e.